The molecule has 23 heavy (non-hydrogen) atoms. The number of hydrogen-bond acceptors (Lipinski definition) is 5. The number of rotatable bonds is 4. The van der Waals surface area contributed by atoms with Crippen molar-refractivity contribution in [1.29, 1.82) is 0 Å². The van der Waals surface area contributed by atoms with E-state index in [4.69, 9.17) is 25.8 Å². The summed E-state index contributed by atoms with van der Waals surface area (Å²) in [5.41, 5.74) is 0. The van der Waals surface area contributed by atoms with Gasteiger partial charge in [0.05, 0.1) is 17.8 Å². The molecule has 3 N–H and O–H groups in total. The number of ether oxygens (including phenoxy) is 3. The maximum Gasteiger partial charge on any atom is 0.509 e. The molecule has 1 aromatic heterocycles. The van der Waals surface area contributed by atoms with E-state index in [0.29, 0.717) is 22.3 Å². The van der Waals surface area contributed by atoms with Crippen molar-refractivity contribution in [1.82, 2.24) is 5.32 Å². The summed E-state index contributed by atoms with van der Waals surface area (Å²) in [5.74, 6) is 1.46. The number of nitrogens with one attached hydrogen (secondary N) is 3. The number of halogens is 1. The molecule has 120 valence electrons. The van der Waals surface area contributed by atoms with Crippen molar-refractivity contribution in [2.24, 2.45) is 0 Å². The van der Waals surface area contributed by atoms with Gasteiger partial charge in [0.15, 0.2) is 11.5 Å². The number of aromatic nitrogens is 1. The Bertz CT molecular complexity index is 700. The number of aromatic amines is 1. The number of para-hydroxylation sites is 2. The van der Waals surface area contributed by atoms with Gasteiger partial charge in [-0.3, -0.25) is 0 Å². The standard InChI is InChI=1S/C15H14ClN3O4/c1-2-21-14(20)19-15(18-13-9-10(16)7-8-17-13)22-11-5-3-4-6-12(11)23-15/h3-9H,2H2,1H3,(H,17,18)(H,19,20)/p+1. The lowest BCUT2D eigenvalue weighted by Crippen LogP contribution is -2.61. The minimum atomic E-state index is -1.64. The molecular weight excluding hydrogens is 322 g/mol. The third-order valence-electron chi connectivity index (χ3n) is 2.96. The molecule has 7 nitrogen and oxygen atoms in total. The van der Waals surface area contributed by atoms with Gasteiger partial charge in [-0.15, -0.1) is 0 Å². The Balaban J connectivity index is 1.87. The van der Waals surface area contributed by atoms with Gasteiger partial charge in [-0.1, -0.05) is 23.7 Å². The summed E-state index contributed by atoms with van der Waals surface area (Å²) >= 11 is 5.97. The predicted octanol–water partition coefficient (Wildman–Crippen LogP) is 2.39. The molecule has 0 atom stereocenters. The van der Waals surface area contributed by atoms with Gasteiger partial charge in [0.25, 0.3) is 5.82 Å². The summed E-state index contributed by atoms with van der Waals surface area (Å²) in [6.07, 6.45) is 0.958. The maximum absolute atomic E-state index is 11.8. The van der Waals surface area contributed by atoms with Gasteiger partial charge < -0.3 is 14.2 Å². The molecule has 1 amide bonds. The molecule has 0 aliphatic carbocycles. The van der Waals surface area contributed by atoms with E-state index in [2.05, 4.69) is 15.6 Å². The number of anilines is 1. The molecule has 0 fully saturated rings. The quantitative estimate of drug-likeness (QED) is 0.838. The minimum absolute atomic E-state index is 0.220. The van der Waals surface area contributed by atoms with Gasteiger partial charge in [-0.05, 0) is 25.1 Å². The van der Waals surface area contributed by atoms with Crippen molar-refractivity contribution in [3.8, 4) is 11.5 Å². The molecule has 3 rings (SSSR count). The van der Waals surface area contributed by atoms with Crippen molar-refractivity contribution < 1.29 is 24.0 Å². The van der Waals surface area contributed by atoms with Crippen molar-refractivity contribution in [3.63, 3.8) is 0 Å². The van der Waals surface area contributed by atoms with Crippen LogP contribution < -0.4 is 25.1 Å². The molecular formula is C15H15ClN3O4+. The van der Waals surface area contributed by atoms with E-state index in [0.717, 1.165) is 0 Å². The molecule has 1 aliphatic rings. The highest BCUT2D eigenvalue weighted by Gasteiger charge is 2.49. The van der Waals surface area contributed by atoms with Crippen LogP contribution in [-0.2, 0) is 4.74 Å². The smallest absolute Gasteiger partial charge is 0.450 e. The zero-order chi connectivity index (χ0) is 16.3. The van der Waals surface area contributed by atoms with Gasteiger partial charge in [-0.25, -0.2) is 15.1 Å². The molecule has 1 aromatic carbocycles. The number of benzene rings is 1. The Morgan fingerprint density at radius 1 is 1.30 bits per heavy atom. The number of carbonyl (C=O) groups excluding carboxylic acids is 1. The van der Waals surface area contributed by atoms with Crippen LogP contribution in [0.3, 0.4) is 0 Å². The number of carbonyl (C=O) groups is 1. The molecule has 0 saturated heterocycles. The number of alkyl carbamates (subject to hydrolysis) is 1. The lowest BCUT2D eigenvalue weighted by atomic mass is 10.3. The molecule has 0 saturated carbocycles. The monoisotopic (exact) mass is 336 g/mol. The Labute approximate surface area is 137 Å². The summed E-state index contributed by atoms with van der Waals surface area (Å²) in [6, 6.07) is 8.73. The maximum atomic E-state index is 11.8. The van der Waals surface area contributed by atoms with Crippen LogP contribution in [0.25, 0.3) is 0 Å². The van der Waals surface area contributed by atoms with E-state index in [1.807, 2.05) is 0 Å². The Kier molecular flexibility index (Phi) is 4.12. The first-order valence-electron chi connectivity index (χ1n) is 6.97. The highest BCUT2D eigenvalue weighted by atomic mass is 35.5. The SMILES string of the molecule is CCOC(=O)NC1(Nc2cc(Cl)cc[nH+]2)Oc2ccccc2O1. The summed E-state index contributed by atoms with van der Waals surface area (Å²) in [4.78, 5) is 14.8. The van der Waals surface area contributed by atoms with Crippen LogP contribution >= 0.6 is 11.6 Å². The molecule has 2 heterocycles. The fourth-order valence-corrected chi connectivity index (χ4v) is 2.24. The second-order valence-corrected chi connectivity index (χ2v) is 5.09. The molecule has 0 unspecified atom stereocenters. The number of fused-ring (bicyclic) bond motifs is 1. The van der Waals surface area contributed by atoms with Crippen LogP contribution in [0.1, 0.15) is 6.92 Å². The average molecular weight is 337 g/mol. The van der Waals surface area contributed by atoms with Crippen molar-refractivity contribution in [3.05, 3.63) is 47.6 Å². The summed E-state index contributed by atoms with van der Waals surface area (Å²) in [6.45, 7) is 1.92. The topological polar surface area (TPSA) is 83.0 Å². The molecule has 8 heteroatoms. The fourth-order valence-electron chi connectivity index (χ4n) is 2.07. The third-order valence-corrected chi connectivity index (χ3v) is 3.20. The van der Waals surface area contributed by atoms with Gasteiger partial charge in [0, 0.05) is 6.07 Å². The van der Waals surface area contributed by atoms with E-state index in [1.54, 1.807) is 49.5 Å². The van der Waals surface area contributed by atoms with Crippen molar-refractivity contribution in [2.45, 2.75) is 13.0 Å². The highest BCUT2D eigenvalue weighted by Crippen LogP contribution is 2.38. The number of hydrogen-bond donors (Lipinski definition) is 2. The summed E-state index contributed by atoms with van der Waals surface area (Å²) in [5, 5.41) is 5.97. The molecule has 2 aromatic rings. The molecule has 1 aliphatic heterocycles. The second kappa shape index (κ2) is 6.21. The molecule has 0 bridgehead atoms. The van der Waals surface area contributed by atoms with Crippen molar-refractivity contribution in [2.75, 3.05) is 11.9 Å². The van der Waals surface area contributed by atoms with Gasteiger partial charge in [0.1, 0.15) is 0 Å². The first kappa shape index (κ1) is 15.2. The fraction of sp³-hybridized carbons (Fsp3) is 0.200. The average Bonchev–Trinajstić information content (AvgIpc) is 2.84. The first-order valence-corrected chi connectivity index (χ1v) is 7.35. The van der Waals surface area contributed by atoms with Crippen LogP contribution in [0.4, 0.5) is 10.6 Å². The van der Waals surface area contributed by atoms with Crippen LogP contribution in [0.5, 0.6) is 11.5 Å². The minimum Gasteiger partial charge on any atom is -0.450 e. The van der Waals surface area contributed by atoms with Gasteiger partial charge in [-0.2, -0.15) is 5.32 Å². The lowest BCUT2D eigenvalue weighted by molar-refractivity contribution is -0.363. The van der Waals surface area contributed by atoms with Crippen molar-refractivity contribution >= 4 is 23.5 Å². The summed E-state index contributed by atoms with van der Waals surface area (Å²) < 4.78 is 16.4. The Hall–Kier alpha value is -2.67. The number of H-pyrrole nitrogens is 1. The first-order chi connectivity index (χ1) is 11.1. The largest absolute Gasteiger partial charge is 0.509 e. The second-order valence-electron chi connectivity index (χ2n) is 4.66. The number of amides is 1. The number of pyridine rings is 1. The van der Waals surface area contributed by atoms with E-state index >= 15 is 0 Å². The molecule has 0 spiro atoms. The normalized spacial score (nSPS) is 14.2. The van der Waals surface area contributed by atoms with Crippen LogP contribution in [0.15, 0.2) is 42.6 Å². The van der Waals surface area contributed by atoms with E-state index in [-0.39, 0.29) is 6.61 Å². The highest BCUT2D eigenvalue weighted by molar-refractivity contribution is 6.30. The van der Waals surface area contributed by atoms with E-state index in [1.165, 1.54) is 0 Å². The zero-order valence-electron chi connectivity index (χ0n) is 12.3. The Morgan fingerprint density at radius 2 is 2.00 bits per heavy atom. The zero-order valence-corrected chi connectivity index (χ0v) is 13.0. The van der Waals surface area contributed by atoms with Gasteiger partial charge >= 0.3 is 12.1 Å². The third kappa shape index (κ3) is 3.40. The molecule has 0 radical (unpaired) electrons. The summed E-state index contributed by atoms with van der Waals surface area (Å²) in [7, 11) is 0. The lowest BCUT2D eigenvalue weighted by Gasteiger charge is -2.23. The predicted molar refractivity (Wildman–Crippen MR) is 82.2 cm³/mol. The van der Waals surface area contributed by atoms with E-state index in [9.17, 15) is 4.79 Å². The van der Waals surface area contributed by atoms with Crippen LogP contribution in [0.2, 0.25) is 5.02 Å². The van der Waals surface area contributed by atoms with Crippen LogP contribution in [-0.4, -0.2) is 18.7 Å². The van der Waals surface area contributed by atoms with E-state index < -0.39 is 12.1 Å². The van der Waals surface area contributed by atoms with Crippen LogP contribution in [0, 0.1) is 0 Å². The Morgan fingerprint density at radius 3 is 2.61 bits per heavy atom. The van der Waals surface area contributed by atoms with Gasteiger partial charge in [0.2, 0.25) is 0 Å².